The number of amides is 1. The molecule has 0 saturated heterocycles. The molecule has 2 heterocycles. The van der Waals surface area contributed by atoms with E-state index in [1.54, 1.807) is 13.8 Å². The molecule has 0 aromatic carbocycles. The molecular formula is C14H16ClFN4O3S. The maximum atomic E-state index is 14.5. The third-order valence-electron chi connectivity index (χ3n) is 2.97. The van der Waals surface area contributed by atoms with Gasteiger partial charge in [0, 0.05) is 31.2 Å². The molecule has 2 N–H and O–H groups in total. The maximum absolute atomic E-state index is 14.5. The minimum Gasteiger partial charge on any atom is -0.343 e. The average Bonchev–Trinajstić information content (AvgIpc) is 2.73. The van der Waals surface area contributed by atoms with E-state index in [-0.39, 0.29) is 5.15 Å². The van der Waals surface area contributed by atoms with E-state index < -0.39 is 38.4 Å². The summed E-state index contributed by atoms with van der Waals surface area (Å²) in [5.41, 5.74) is -0.0996. The largest absolute Gasteiger partial charge is 0.343 e. The second kappa shape index (κ2) is 6.88. The van der Waals surface area contributed by atoms with Crippen LogP contribution in [-0.2, 0) is 17.1 Å². The Morgan fingerprint density at radius 1 is 1.42 bits per heavy atom. The van der Waals surface area contributed by atoms with Crippen LogP contribution in [0.2, 0.25) is 5.15 Å². The molecule has 0 bridgehead atoms. The molecule has 10 heteroatoms. The second-order valence-electron chi connectivity index (χ2n) is 5.36. The van der Waals surface area contributed by atoms with Crippen molar-refractivity contribution in [3.63, 3.8) is 0 Å². The van der Waals surface area contributed by atoms with Crippen LogP contribution < -0.4 is 10.0 Å². The van der Waals surface area contributed by atoms with Crippen molar-refractivity contribution in [2.24, 2.45) is 7.05 Å². The van der Waals surface area contributed by atoms with Crippen LogP contribution in [0.25, 0.3) is 0 Å². The van der Waals surface area contributed by atoms with Crippen LogP contribution >= 0.6 is 11.6 Å². The molecule has 0 aliphatic carbocycles. The van der Waals surface area contributed by atoms with E-state index in [1.165, 1.54) is 25.4 Å². The summed E-state index contributed by atoms with van der Waals surface area (Å²) in [5, 5.41) is 2.60. The second-order valence-corrected chi connectivity index (χ2v) is 7.43. The molecule has 0 saturated carbocycles. The van der Waals surface area contributed by atoms with E-state index in [1.807, 2.05) is 0 Å². The molecule has 0 aliphatic heterocycles. The Morgan fingerprint density at radius 3 is 2.67 bits per heavy atom. The van der Waals surface area contributed by atoms with Crippen molar-refractivity contribution in [1.29, 1.82) is 0 Å². The van der Waals surface area contributed by atoms with Gasteiger partial charge in [0.2, 0.25) is 10.0 Å². The summed E-state index contributed by atoms with van der Waals surface area (Å²) >= 11 is 5.72. The Bertz CT molecular complexity index is 880. The quantitative estimate of drug-likeness (QED) is 0.784. The van der Waals surface area contributed by atoms with Crippen molar-refractivity contribution in [2.75, 3.05) is 5.32 Å². The molecule has 2 rings (SSSR count). The molecule has 2 aromatic rings. The van der Waals surface area contributed by atoms with Crippen LogP contribution in [0, 0.1) is 5.82 Å². The summed E-state index contributed by atoms with van der Waals surface area (Å²) in [6.45, 7) is 3.22. The Kier molecular flexibility index (Phi) is 5.26. The van der Waals surface area contributed by atoms with Crippen molar-refractivity contribution >= 4 is 33.2 Å². The van der Waals surface area contributed by atoms with E-state index >= 15 is 0 Å². The number of pyridine rings is 1. The monoisotopic (exact) mass is 374 g/mol. The van der Waals surface area contributed by atoms with Gasteiger partial charge in [0.15, 0.2) is 5.82 Å². The van der Waals surface area contributed by atoms with Crippen molar-refractivity contribution < 1.29 is 17.6 Å². The summed E-state index contributed by atoms with van der Waals surface area (Å²) in [7, 11) is -2.68. The lowest BCUT2D eigenvalue weighted by Gasteiger charge is -2.08. The number of rotatable bonds is 5. The topological polar surface area (TPSA) is 93.1 Å². The molecule has 1 amide bonds. The fourth-order valence-corrected chi connectivity index (χ4v) is 3.61. The molecule has 2 aromatic heterocycles. The number of nitrogens with one attached hydrogen (secondary N) is 2. The normalized spacial score (nSPS) is 11.8. The first-order valence-corrected chi connectivity index (χ1v) is 8.78. The highest BCUT2D eigenvalue weighted by molar-refractivity contribution is 7.89. The molecule has 0 spiro atoms. The molecule has 130 valence electrons. The number of anilines is 1. The minimum atomic E-state index is -4.06. The standard InChI is InChI=1S/C14H16ClFN4O3S/c1-8(2)19-24(22,23)10-7-20(3)13(12(10)16)14(21)18-9-4-5-17-11(15)6-9/h4-8,19H,1-3H3,(H,17,18,21). The number of hydrogen-bond acceptors (Lipinski definition) is 4. The summed E-state index contributed by atoms with van der Waals surface area (Å²) in [4.78, 5) is 15.5. The van der Waals surface area contributed by atoms with Gasteiger partial charge in [-0.3, -0.25) is 4.79 Å². The smallest absolute Gasteiger partial charge is 0.275 e. The predicted octanol–water partition coefficient (Wildman–Crippen LogP) is 2.15. The fraction of sp³-hybridized carbons (Fsp3) is 0.286. The maximum Gasteiger partial charge on any atom is 0.275 e. The van der Waals surface area contributed by atoms with E-state index in [4.69, 9.17) is 11.6 Å². The van der Waals surface area contributed by atoms with Gasteiger partial charge in [-0.15, -0.1) is 0 Å². The van der Waals surface area contributed by atoms with Gasteiger partial charge in [0.25, 0.3) is 5.91 Å². The van der Waals surface area contributed by atoms with Crippen molar-refractivity contribution in [2.45, 2.75) is 24.8 Å². The fourth-order valence-electron chi connectivity index (χ4n) is 2.06. The van der Waals surface area contributed by atoms with Crippen LogP contribution in [0.3, 0.4) is 0 Å². The number of hydrogen-bond donors (Lipinski definition) is 2. The lowest BCUT2D eigenvalue weighted by Crippen LogP contribution is -2.30. The van der Waals surface area contributed by atoms with Gasteiger partial charge < -0.3 is 9.88 Å². The first-order valence-electron chi connectivity index (χ1n) is 6.92. The number of aryl methyl sites for hydroxylation is 1. The third-order valence-corrected chi connectivity index (χ3v) is 4.82. The van der Waals surface area contributed by atoms with E-state index in [9.17, 15) is 17.6 Å². The Labute approximate surface area is 143 Å². The van der Waals surface area contributed by atoms with Crippen molar-refractivity contribution in [1.82, 2.24) is 14.3 Å². The van der Waals surface area contributed by atoms with E-state index in [0.29, 0.717) is 5.69 Å². The molecule has 7 nitrogen and oxygen atoms in total. The minimum absolute atomic E-state index is 0.157. The van der Waals surface area contributed by atoms with Crippen molar-refractivity contribution in [3.05, 3.63) is 41.2 Å². The van der Waals surface area contributed by atoms with Crippen LogP contribution in [-0.4, -0.2) is 29.9 Å². The first kappa shape index (κ1) is 18.4. The van der Waals surface area contributed by atoms with Gasteiger partial charge in [-0.25, -0.2) is 22.5 Å². The molecule has 0 fully saturated rings. The number of sulfonamides is 1. The summed E-state index contributed by atoms with van der Waals surface area (Å²) in [5.74, 6) is -1.92. The van der Waals surface area contributed by atoms with Crippen LogP contribution in [0.1, 0.15) is 24.3 Å². The Hall–Kier alpha value is -1.97. The zero-order chi connectivity index (χ0) is 18.1. The molecule has 0 aliphatic rings. The van der Waals surface area contributed by atoms with Gasteiger partial charge in [-0.2, -0.15) is 0 Å². The summed E-state index contributed by atoms with van der Waals surface area (Å²) < 4.78 is 42.2. The summed E-state index contributed by atoms with van der Waals surface area (Å²) in [6, 6.07) is 2.45. The average molecular weight is 375 g/mol. The Morgan fingerprint density at radius 2 is 2.08 bits per heavy atom. The van der Waals surface area contributed by atoms with Gasteiger partial charge in [-0.05, 0) is 26.0 Å². The zero-order valence-corrected chi connectivity index (χ0v) is 14.7. The van der Waals surface area contributed by atoms with Crippen molar-refractivity contribution in [3.8, 4) is 0 Å². The van der Waals surface area contributed by atoms with E-state index in [0.717, 1.165) is 10.8 Å². The molecular weight excluding hydrogens is 359 g/mol. The van der Waals surface area contributed by atoms with Crippen LogP contribution in [0.5, 0.6) is 0 Å². The van der Waals surface area contributed by atoms with Gasteiger partial charge in [0.1, 0.15) is 15.7 Å². The van der Waals surface area contributed by atoms with E-state index in [2.05, 4.69) is 15.0 Å². The Balaban J connectivity index is 2.37. The highest BCUT2D eigenvalue weighted by Gasteiger charge is 2.28. The SMILES string of the molecule is CC(C)NS(=O)(=O)c1cn(C)c(C(=O)Nc2ccnc(Cl)c2)c1F. The first-order chi connectivity index (χ1) is 11.1. The summed E-state index contributed by atoms with van der Waals surface area (Å²) in [6.07, 6.45) is 2.43. The molecule has 0 radical (unpaired) electrons. The number of aromatic nitrogens is 2. The lowest BCUT2D eigenvalue weighted by atomic mass is 10.3. The number of halogens is 2. The van der Waals surface area contributed by atoms with Gasteiger partial charge in [-0.1, -0.05) is 11.6 Å². The number of nitrogens with zero attached hydrogens (tertiary/aromatic N) is 2. The zero-order valence-electron chi connectivity index (χ0n) is 13.2. The van der Waals surface area contributed by atoms with Gasteiger partial charge >= 0.3 is 0 Å². The number of carbonyl (C=O) groups excluding carboxylic acids is 1. The molecule has 0 atom stereocenters. The lowest BCUT2D eigenvalue weighted by molar-refractivity contribution is 0.101. The van der Waals surface area contributed by atoms with Crippen LogP contribution in [0.15, 0.2) is 29.4 Å². The molecule has 24 heavy (non-hydrogen) atoms. The van der Waals surface area contributed by atoms with Crippen LogP contribution in [0.4, 0.5) is 10.1 Å². The third kappa shape index (κ3) is 3.92. The molecule has 0 unspecified atom stereocenters. The number of carbonyl (C=O) groups is 1. The van der Waals surface area contributed by atoms with Gasteiger partial charge in [0.05, 0.1) is 0 Å². The highest BCUT2D eigenvalue weighted by atomic mass is 35.5. The highest BCUT2D eigenvalue weighted by Crippen LogP contribution is 2.22. The predicted molar refractivity (Wildman–Crippen MR) is 88.0 cm³/mol.